The SMILES string of the molecule is CCC1C=C(C)CC(C)CC(OC)C2OC(O)(C(=O)C(=O)N3CCCCC3C(=O)OC(C(C)=CC3CCC(OCCOCc4ccccc4)C(OC)C3)C(C)C(O[Si](C)(C)C(C)(C)C)CC1=O)C(C)CC2OC. The Balaban J connectivity index is 1.53. The molecule has 1 N–H and O–H groups in total. The summed E-state index contributed by atoms with van der Waals surface area (Å²) in [6, 6.07) is 8.94. The summed E-state index contributed by atoms with van der Waals surface area (Å²) >= 11 is 0. The average Bonchev–Trinajstić information content (AvgIpc) is 3.35. The molecule has 2 saturated heterocycles. The summed E-state index contributed by atoms with van der Waals surface area (Å²) in [6.07, 6.45) is 6.20. The van der Waals surface area contributed by atoms with Crippen LogP contribution in [0, 0.1) is 29.6 Å². The van der Waals surface area contributed by atoms with Gasteiger partial charge in [-0.05, 0) is 119 Å². The second kappa shape index (κ2) is 27.3. The largest absolute Gasteiger partial charge is 0.456 e. The number of carbonyl (C=O) groups is 4. The number of esters is 1. The number of ether oxygens (including phenoxy) is 7. The first-order valence-corrected chi connectivity index (χ1v) is 30.2. The van der Waals surface area contributed by atoms with Crippen LogP contribution in [0.2, 0.25) is 18.1 Å². The second-order valence-electron chi connectivity index (χ2n) is 23.4. The van der Waals surface area contributed by atoms with E-state index in [4.69, 9.17) is 37.6 Å². The molecule has 1 aromatic carbocycles. The normalized spacial score (nSPS) is 34.4. The van der Waals surface area contributed by atoms with Crippen LogP contribution in [0.4, 0.5) is 0 Å². The van der Waals surface area contributed by atoms with Gasteiger partial charge in [0.25, 0.3) is 11.7 Å². The summed E-state index contributed by atoms with van der Waals surface area (Å²) < 4.78 is 50.6. The summed E-state index contributed by atoms with van der Waals surface area (Å²) in [5.74, 6) is -6.84. The van der Waals surface area contributed by atoms with Gasteiger partial charge >= 0.3 is 5.97 Å². The van der Waals surface area contributed by atoms with Crippen LogP contribution in [0.3, 0.4) is 0 Å². The standard InChI is InChI=1S/C58H93NO13Si/c1-15-44-30-37(2)29-38(3)31-50(66-11)53-51(67-12)33-40(5)58(64,71-53)54(61)55(62)59-26-20-19-23-45(59)56(63)70-52(41(6)48(35-46(44)60)72-73(13,14)57(7,8)9)39(4)32-43-24-25-47(49(34-43)65-10)69-28-27-68-36-42-21-17-16-18-22-42/h16-18,21-22,30,32,38,40-41,43-45,47-53,64H,15,19-20,23-29,31,33-36H2,1-14H3. The number of piperidine rings is 1. The Kier molecular flexibility index (Phi) is 22.7. The number of hydrogen-bond acceptors (Lipinski definition) is 13. The number of rotatable bonds is 14. The molecular weight excluding hydrogens is 947 g/mol. The summed E-state index contributed by atoms with van der Waals surface area (Å²) in [6.45, 7) is 24.2. The highest BCUT2D eigenvalue weighted by Gasteiger charge is 2.57. The van der Waals surface area contributed by atoms with Crippen LogP contribution in [-0.2, 0) is 63.4 Å². The van der Waals surface area contributed by atoms with E-state index >= 15 is 4.79 Å². The number of methoxy groups -OCH3 is 3. The topological polar surface area (TPSA) is 166 Å². The van der Waals surface area contributed by atoms with E-state index in [2.05, 4.69) is 52.9 Å². The van der Waals surface area contributed by atoms with Gasteiger partial charge in [-0.2, -0.15) is 0 Å². The van der Waals surface area contributed by atoms with E-state index in [0.29, 0.717) is 58.3 Å². The van der Waals surface area contributed by atoms with Crippen molar-refractivity contribution in [1.82, 2.24) is 4.90 Å². The minimum atomic E-state index is -2.55. The average molecular weight is 1040 g/mol. The number of amides is 1. The first-order valence-electron chi connectivity index (χ1n) is 27.3. The van der Waals surface area contributed by atoms with Gasteiger partial charge in [0.05, 0.1) is 50.3 Å². The number of allylic oxidation sites excluding steroid dienone is 3. The first-order chi connectivity index (χ1) is 34.5. The Morgan fingerprint density at radius 3 is 2.18 bits per heavy atom. The zero-order valence-corrected chi connectivity index (χ0v) is 47.9. The lowest BCUT2D eigenvalue weighted by atomic mass is 9.81. The van der Waals surface area contributed by atoms with Crippen LogP contribution < -0.4 is 0 Å². The van der Waals surface area contributed by atoms with Gasteiger partial charge in [-0.1, -0.05) is 96.5 Å². The quantitative estimate of drug-likeness (QED) is 0.0616. The van der Waals surface area contributed by atoms with E-state index in [9.17, 15) is 19.5 Å². The molecule has 0 radical (unpaired) electrons. The van der Waals surface area contributed by atoms with Gasteiger partial charge in [0.1, 0.15) is 24.0 Å². The zero-order chi connectivity index (χ0) is 53.8. The van der Waals surface area contributed by atoms with E-state index in [1.165, 1.54) is 4.90 Å². The molecule has 4 aliphatic rings. The van der Waals surface area contributed by atoms with Crippen LogP contribution in [0.5, 0.6) is 0 Å². The van der Waals surface area contributed by atoms with Crippen molar-refractivity contribution in [2.45, 2.75) is 212 Å². The Morgan fingerprint density at radius 2 is 1.53 bits per heavy atom. The summed E-state index contributed by atoms with van der Waals surface area (Å²) in [5, 5.41) is 12.1. The second-order valence-corrected chi connectivity index (χ2v) is 28.1. The van der Waals surface area contributed by atoms with E-state index < -0.39 is 80.2 Å². The molecule has 1 aromatic rings. The zero-order valence-electron chi connectivity index (χ0n) is 46.9. The Morgan fingerprint density at radius 1 is 0.863 bits per heavy atom. The maximum atomic E-state index is 15.0. The molecular formula is C58H93NO13Si. The van der Waals surface area contributed by atoms with Gasteiger partial charge in [0.2, 0.25) is 5.79 Å². The molecule has 14 atom stereocenters. The van der Waals surface area contributed by atoms with Crippen LogP contribution in [0.1, 0.15) is 139 Å². The van der Waals surface area contributed by atoms with Crippen LogP contribution >= 0.6 is 0 Å². The van der Waals surface area contributed by atoms with E-state index in [1.54, 1.807) is 28.3 Å². The van der Waals surface area contributed by atoms with E-state index in [0.717, 1.165) is 29.6 Å². The number of carbonyl (C=O) groups excluding carboxylic acids is 4. The molecule has 2 bridgehead atoms. The third kappa shape index (κ3) is 15.7. The van der Waals surface area contributed by atoms with Crippen molar-refractivity contribution in [3.8, 4) is 0 Å². The van der Waals surface area contributed by atoms with Crippen molar-refractivity contribution in [2.75, 3.05) is 41.1 Å². The highest BCUT2D eigenvalue weighted by molar-refractivity contribution is 6.74. The molecule has 1 amide bonds. The molecule has 3 fully saturated rings. The number of hydrogen-bond donors (Lipinski definition) is 1. The third-order valence-corrected chi connectivity index (χ3v) is 21.3. The lowest BCUT2D eigenvalue weighted by Gasteiger charge is -2.47. The lowest BCUT2D eigenvalue weighted by Crippen LogP contribution is -2.64. The molecule has 0 aromatic heterocycles. The Labute approximate surface area is 439 Å². The predicted molar refractivity (Wildman–Crippen MR) is 284 cm³/mol. The van der Waals surface area contributed by atoms with Crippen molar-refractivity contribution < 1.29 is 61.9 Å². The van der Waals surface area contributed by atoms with Crippen molar-refractivity contribution in [3.63, 3.8) is 0 Å². The molecule has 412 valence electrons. The third-order valence-electron chi connectivity index (χ3n) is 16.8. The number of nitrogens with zero attached hydrogens (tertiary/aromatic N) is 1. The van der Waals surface area contributed by atoms with Gasteiger partial charge < -0.3 is 47.6 Å². The number of ketones is 2. The number of aliphatic hydroxyl groups is 1. The van der Waals surface area contributed by atoms with Crippen molar-refractivity contribution in [3.05, 3.63) is 59.2 Å². The van der Waals surface area contributed by atoms with Crippen LogP contribution in [-0.4, -0.2) is 137 Å². The lowest BCUT2D eigenvalue weighted by molar-refractivity contribution is -0.302. The van der Waals surface area contributed by atoms with Crippen molar-refractivity contribution in [2.24, 2.45) is 29.6 Å². The summed E-state index contributed by atoms with van der Waals surface area (Å²) in [7, 11) is 2.28. The first kappa shape index (κ1) is 60.7. The van der Waals surface area contributed by atoms with Crippen LogP contribution in [0.25, 0.3) is 0 Å². The molecule has 0 spiro atoms. The number of benzene rings is 1. The van der Waals surface area contributed by atoms with Crippen molar-refractivity contribution in [1.29, 1.82) is 0 Å². The molecule has 5 rings (SSSR count). The minimum absolute atomic E-state index is 0.0442. The maximum absolute atomic E-state index is 15.0. The van der Waals surface area contributed by atoms with Gasteiger partial charge in [-0.3, -0.25) is 14.4 Å². The summed E-state index contributed by atoms with van der Waals surface area (Å²) in [4.78, 5) is 60.3. The predicted octanol–water partition coefficient (Wildman–Crippen LogP) is 9.74. The number of cyclic esters (lactones) is 1. The molecule has 15 heteroatoms. The fourth-order valence-corrected chi connectivity index (χ4v) is 12.7. The monoisotopic (exact) mass is 1040 g/mol. The number of Topliss-reactive ketones (excluding diaryl/α,β-unsaturated/α-hetero) is 2. The van der Waals surface area contributed by atoms with Crippen molar-refractivity contribution >= 4 is 31.8 Å². The number of fused-ring (bicyclic) bond motifs is 3. The molecule has 3 aliphatic heterocycles. The highest BCUT2D eigenvalue weighted by atomic mass is 28.4. The molecule has 1 saturated carbocycles. The molecule has 14 nitrogen and oxygen atoms in total. The Bertz CT molecular complexity index is 2020. The highest BCUT2D eigenvalue weighted by Crippen LogP contribution is 2.42. The summed E-state index contributed by atoms with van der Waals surface area (Å²) in [5.41, 5.74) is 2.96. The molecule has 3 heterocycles. The van der Waals surface area contributed by atoms with E-state index in [1.807, 2.05) is 58.0 Å². The molecule has 1 aliphatic carbocycles. The van der Waals surface area contributed by atoms with E-state index in [-0.39, 0.29) is 66.6 Å². The molecule has 73 heavy (non-hydrogen) atoms. The smallest absolute Gasteiger partial charge is 0.329 e. The van der Waals surface area contributed by atoms with Gasteiger partial charge in [-0.25, -0.2) is 4.79 Å². The van der Waals surface area contributed by atoms with Gasteiger partial charge in [0.15, 0.2) is 8.32 Å². The fourth-order valence-electron chi connectivity index (χ4n) is 11.3. The maximum Gasteiger partial charge on any atom is 0.329 e. The Hall–Kier alpha value is -3.12. The van der Waals surface area contributed by atoms with Crippen LogP contribution in [0.15, 0.2) is 53.6 Å². The van der Waals surface area contributed by atoms with Gasteiger partial charge in [-0.15, -0.1) is 0 Å². The molecule has 14 unspecified atom stereocenters. The van der Waals surface area contributed by atoms with Gasteiger partial charge in [0, 0.05) is 52.0 Å². The minimum Gasteiger partial charge on any atom is -0.456 e. The fraction of sp³-hybridized carbons (Fsp3) is 0.759.